The molecule has 28 heavy (non-hydrogen) atoms. The molecule has 5 N–H and O–H groups in total. The van der Waals surface area contributed by atoms with Crippen molar-refractivity contribution in [1.29, 1.82) is 0 Å². The first-order valence-electron chi connectivity index (χ1n) is 10.1. The molecule has 0 bridgehead atoms. The number of nitrogen functional groups attached to an aromatic ring is 1. The van der Waals surface area contributed by atoms with Gasteiger partial charge in [-0.25, -0.2) is 4.98 Å². The van der Waals surface area contributed by atoms with Gasteiger partial charge in [-0.1, -0.05) is 19.9 Å². The SMILES string of the molecule is CC(C)c1c(-c2cnc3[nH]nc(N)c3c2)[nH]c2ccc(C3CCNCC3)cc12. The Kier molecular flexibility index (Phi) is 4.09. The maximum Gasteiger partial charge on any atom is 0.157 e. The second-order valence-electron chi connectivity index (χ2n) is 8.13. The molecule has 4 heterocycles. The highest BCUT2D eigenvalue weighted by molar-refractivity contribution is 5.95. The summed E-state index contributed by atoms with van der Waals surface area (Å²) in [4.78, 5) is 8.16. The quantitative estimate of drug-likeness (QED) is 0.430. The fourth-order valence-corrected chi connectivity index (χ4v) is 4.53. The Morgan fingerprint density at radius 1 is 1.11 bits per heavy atom. The van der Waals surface area contributed by atoms with Crippen molar-refractivity contribution in [1.82, 2.24) is 25.5 Å². The zero-order valence-electron chi connectivity index (χ0n) is 16.3. The number of rotatable bonds is 3. The van der Waals surface area contributed by atoms with Crippen molar-refractivity contribution in [2.75, 3.05) is 18.8 Å². The molecule has 1 aromatic carbocycles. The summed E-state index contributed by atoms with van der Waals surface area (Å²) in [5.74, 6) is 1.52. The third kappa shape index (κ3) is 2.76. The van der Waals surface area contributed by atoms with Crippen LogP contribution in [0.25, 0.3) is 33.2 Å². The molecule has 1 fully saturated rings. The molecule has 144 valence electrons. The van der Waals surface area contributed by atoms with Gasteiger partial charge in [-0.15, -0.1) is 0 Å². The van der Waals surface area contributed by atoms with Gasteiger partial charge < -0.3 is 16.0 Å². The second kappa shape index (κ2) is 6.63. The number of benzene rings is 1. The molecule has 0 atom stereocenters. The Bertz CT molecular complexity index is 1150. The van der Waals surface area contributed by atoms with E-state index >= 15 is 0 Å². The lowest BCUT2D eigenvalue weighted by Crippen LogP contribution is -2.26. The van der Waals surface area contributed by atoms with Crippen LogP contribution in [0, 0.1) is 0 Å². The molecule has 5 rings (SSSR count). The zero-order valence-corrected chi connectivity index (χ0v) is 16.3. The average Bonchev–Trinajstić information content (AvgIpc) is 3.28. The fraction of sp³-hybridized carbons (Fsp3) is 0.364. The van der Waals surface area contributed by atoms with E-state index in [0.29, 0.717) is 17.7 Å². The molecule has 0 unspecified atom stereocenters. The summed E-state index contributed by atoms with van der Waals surface area (Å²) in [6.45, 7) is 6.72. The van der Waals surface area contributed by atoms with Crippen LogP contribution in [0.2, 0.25) is 0 Å². The van der Waals surface area contributed by atoms with Crippen LogP contribution in [0.5, 0.6) is 0 Å². The van der Waals surface area contributed by atoms with E-state index in [9.17, 15) is 0 Å². The minimum Gasteiger partial charge on any atom is -0.382 e. The normalized spacial score (nSPS) is 15.8. The van der Waals surface area contributed by atoms with E-state index in [2.05, 4.69) is 63.6 Å². The minimum atomic E-state index is 0.393. The van der Waals surface area contributed by atoms with E-state index in [1.165, 1.54) is 34.9 Å². The molecular formula is C22H26N6. The minimum absolute atomic E-state index is 0.393. The molecule has 6 nitrogen and oxygen atoms in total. The number of piperidine rings is 1. The van der Waals surface area contributed by atoms with E-state index in [1.54, 1.807) is 0 Å². The van der Waals surface area contributed by atoms with Gasteiger partial charge in [-0.2, -0.15) is 5.10 Å². The van der Waals surface area contributed by atoms with Crippen LogP contribution in [0.15, 0.2) is 30.5 Å². The standard InChI is InChI=1S/C22H26N6/c1-12(2)19-16-9-14(13-5-7-24-8-6-13)3-4-18(16)26-20(19)15-10-17-21(23)27-28-22(17)25-11-15/h3-4,9-13,24,26H,5-8H2,1-2H3,(H3,23,25,27,28). The van der Waals surface area contributed by atoms with Crippen molar-refractivity contribution in [2.24, 2.45) is 0 Å². The summed E-state index contributed by atoms with van der Waals surface area (Å²) < 4.78 is 0. The number of nitrogens with zero attached hydrogens (tertiary/aromatic N) is 2. The van der Waals surface area contributed by atoms with E-state index < -0.39 is 0 Å². The van der Waals surface area contributed by atoms with Crippen molar-refractivity contribution < 1.29 is 0 Å². The highest BCUT2D eigenvalue weighted by Gasteiger charge is 2.20. The summed E-state index contributed by atoms with van der Waals surface area (Å²) >= 11 is 0. The predicted octanol–water partition coefficient (Wildman–Crippen LogP) is 4.28. The van der Waals surface area contributed by atoms with Crippen LogP contribution in [-0.2, 0) is 0 Å². The van der Waals surface area contributed by atoms with Crippen molar-refractivity contribution in [3.05, 3.63) is 41.6 Å². The first kappa shape index (κ1) is 17.3. The van der Waals surface area contributed by atoms with Gasteiger partial charge in [0.25, 0.3) is 0 Å². The van der Waals surface area contributed by atoms with Gasteiger partial charge in [0.15, 0.2) is 11.5 Å². The number of pyridine rings is 1. The molecule has 0 spiro atoms. The monoisotopic (exact) mass is 374 g/mol. The Hall–Kier alpha value is -2.86. The lowest BCUT2D eigenvalue weighted by molar-refractivity contribution is 0.460. The van der Waals surface area contributed by atoms with Crippen LogP contribution < -0.4 is 11.1 Å². The third-order valence-corrected chi connectivity index (χ3v) is 5.99. The molecule has 4 aromatic rings. The fourth-order valence-electron chi connectivity index (χ4n) is 4.53. The van der Waals surface area contributed by atoms with Crippen molar-refractivity contribution in [2.45, 2.75) is 38.5 Å². The summed E-state index contributed by atoms with van der Waals surface area (Å²) in [6, 6.07) is 9.00. The van der Waals surface area contributed by atoms with Gasteiger partial charge in [0.1, 0.15) is 0 Å². The lowest BCUT2D eigenvalue weighted by atomic mass is 9.88. The first-order valence-corrected chi connectivity index (χ1v) is 10.1. The van der Waals surface area contributed by atoms with Gasteiger partial charge in [-0.05, 0) is 67.1 Å². The maximum atomic E-state index is 6.00. The number of anilines is 1. The molecule has 0 radical (unpaired) electrons. The van der Waals surface area contributed by atoms with Crippen LogP contribution >= 0.6 is 0 Å². The van der Waals surface area contributed by atoms with Gasteiger partial charge >= 0.3 is 0 Å². The van der Waals surface area contributed by atoms with Crippen LogP contribution in [-0.4, -0.2) is 33.3 Å². The van der Waals surface area contributed by atoms with E-state index in [1.807, 2.05) is 6.20 Å². The molecular weight excluding hydrogens is 348 g/mol. The van der Waals surface area contributed by atoms with Crippen LogP contribution in [0.4, 0.5) is 5.82 Å². The van der Waals surface area contributed by atoms with Crippen molar-refractivity contribution in [3.8, 4) is 11.3 Å². The summed E-state index contributed by atoms with van der Waals surface area (Å²) in [7, 11) is 0. The summed E-state index contributed by atoms with van der Waals surface area (Å²) in [6.07, 6.45) is 4.31. The number of hydrogen-bond donors (Lipinski definition) is 4. The lowest BCUT2D eigenvalue weighted by Gasteiger charge is -2.23. The van der Waals surface area contributed by atoms with E-state index in [0.717, 1.165) is 35.4 Å². The van der Waals surface area contributed by atoms with Gasteiger partial charge in [0.2, 0.25) is 0 Å². The number of aromatic nitrogens is 4. The number of hydrogen-bond acceptors (Lipinski definition) is 4. The molecule has 0 amide bonds. The van der Waals surface area contributed by atoms with Crippen LogP contribution in [0.1, 0.15) is 49.7 Å². The van der Waals surface area contributed by atoms with Crippen molar-refractivity contribution >= 4 is 27.8 Å². The Balaban J connectivity index is 1.67. The average molecular weight is 374 g/mol. The number of aromatic amines is 2. The molecule has 1 aliphatic heterocycles. The predicted molar refractivity (Wildman–Crippen MR) is 115 cm³/mol. The van der Waals surface area contributed by atoms with Gasteiger partial charge in [0, 0.05) is 22.7 Å². The van der Waals surface area contributed by atoms with Gasteiger partial charge in [0.05, 0.1) is 11.1 Å². The molecule has 0 aliphatic carbocycles. The Labute approximate surface area is 163 Å². The molecule has 0 saturated carbocycles. The largest absolute Gasteiger partial charge is 0.382 e. The second-order valence-corrected chi connectivity index (χ2v) is 8.13. The highest BCUT2D eigenvalue weighted by atomic mass is 15.2. The Morgan fingerprint density at radius 2 is 1.93 bits per heavy atom. The zero-order chi connectivity index (χ0) is 19.3. The highest BCUT2D eigenvalue weighted by Crippen LogP contribution is 2.38. The smallest absolute Gasteiger partial charge is 0.157 e. The molecule has 6 heteroatoms. The number of nitrogens with one attached hydrogen (secondary N) is 3. The molecule has 1 aliphatic rings. The Morgan fingerprint density at radius 3 is 2.71 bits per heavy atom. The maximum absolute atomic E-state index is 6.00. The topological polar surface area (TPSA) is 95.4 Å². The number of fused-ring (bicyclic) bond motifs is 2. The molecule has 1 saturated heterocycles. The van der Waals surface area contributed by atoms with Crippen LogP contribution in [0.3, 0.4) is 0 Å². The summed E-state index contributed by atoms with van der Waals surface area (Å²) in [5, 5.41) is 12.6. The summed E-state index contributed by atoms with van der Waals surface area (Å²) in [5.41, 5.74) is 12.9. The van der Waals surface area contributed by atoms with E-state index in [-0.39, 0.29) is 0 Å². The molecule has 3 aromatic heterocycles. The first-order chi connectivity index (χ1) is 13.6. The van der Waals surface area contributed by atoms with E-state index in [4.69, 9.17) is 5.73 Å². The third-order valence-electron chi connectivity index (χ3n) is 5.99. The number of nitrogens with two attached hydrogens (primary N) is 1. The van der Waals surface area contributed by atoms with Crippen molar-refractivity contribution in [3.63, 3.8) is 0 Å². The number of H-pyrrole nitrogens is 2. The van der Waals surface area contributed by atoms with Gasteiger partial charge in [-0.3, -0.25) is 5.10 Å².